The Morgan fingerprint density at radius 3 is 2.55 bits per heavy atom. The summed E-state index contributed by atoms with van der Waals surface area (Å²) in [7, 11) is 0. The molecule has 0 N–H and O–H groups in total. The fraction of sp³-hybridized carbons (Fsp3) is 0.333. The smallest absolute Gasteiger partial charge is 0.173 e. The second-order valence-corrected chi connectivity index (χ2v) is 7.87. The van der Waals surface area contributed by atoms with E-state index < -0.39 is 0 Å². The lowest BCUT2D eigenvalue weighted by Gasteiger charge is -2.33. The molecule has 22 heavy (non-hydrogen) atoms. The fourth-order valence-corrected chi connectivity index (χ4v) is 4.88. The number of thioether (sulfide) groups is 2. The lowest BCUT2D eigenvalue weighted by atomic mass is 9.72. The molecule has 0 spiro atoms. The molecule has 0 saturated heterocycles. The largest absolute Gasteiger partial charge is 0.293 e. The van der Waals surface area contributed by atoms with E-state index in [0.29, 0.717) is 11.1 Å². The van der Waals surface area contributed by atoms with Gasteiger partial charge in [-0.1, -0.05) is 44.2 Å². The second kappa shape index (κ2) is 6.47. The molecule has 2 atom stereocenters. The van der Waals surface area contributed by atoms with Crippen molar-refractivity contribution in [2.75, 3.05) is 11.5 Å². The van der Waals surface area contributed by atoms with Crippen LogP contribution in [0.5, 0.6) is 0 Å². The standard InChI is InChI=1S/C18H18O2S2/c1-3-21-13-9-5-7-11-15(13)18(20)16-12(17(11)19)8-6-10-14(16)22-4-2/h5-11,15H,3-4H2,1-2H3. The van der Waals surface area contributed by atoms with Crippen LogP contribution in [0, 0.1) is 11.8 Å². The van der Waals surface area contributed by atoms with Crippen molar-refractivity contribution in [2.24, 2.45) is 11.8 Å². The molecule has 0 saturated carbocycles. The van der Waals surface area contributed by atoms with Crippen LogP contribution in [0.4, 0.5) is 0 Å². The van der Waals surface area contributed by atoms with E-state index >= 15 is 0 Å². The van der Waals surface area contributed by atoms with Crippen LogP contribution >= 0.6 is 23.5 Å². The minimum absolute atomic E-state index is 0.0803. The van der Waals surface area contributed by atoms with Gasteiger partial charge in [-0.25, -0.2) is 0 Å². The number of hydrogen-bond acceptors (Lipinski definition) is 4. The van der Waals surface area contributed by atoms with E-state index in [1.807, 2.05) is 30.4 Å². The molecule has 0 heterocycles. The van der Waals surface area contributed by atoms with E-state index in [0.717, 1.165) is 21.3 Å². The first kappa shape index (κ1) is 15.6. The number of rotatable bonds is 4. The van der Waals surface area contributed by atoms with Crippen molar-refractivity contribution >= 4 is 35.1 Å². The summed E-state index contributed by atoms with van der Waals surface area (Å²) in [6.07, 6.45) is 5.79. The number of carbonyl (C=O) groups is 2. The molecule has 2 nitrogen and oxygen atoms in total. The normalized spacial score (nSPS) is 23.1. The highest BCUT2D eigenvalue weighted by Crippen LogP contribution is 2.43. The number of benzene rings is 1. The third kappa shape index (κ3) is 2.48. The number of allylic oxidation sites excluding steroid dienone is 4. The molecule has 2 unspecified atom stereocenters. The summed E-state index contributed by atoms with van der Waals surface area (Å²) in [4.78, 5) is 27.9. The summed E-state index contributed by atoms with van der Waals surface area (Å²) in [5, 5.41) is 0. The molecule has 0 aromatic heterocycles. The van der Waals surface area contributed by atoms with Crippen molar-refractivity contribution < 1.29 is 9.59 Å². The molecule has 2 aliphatic rings. The Bertz CT molecular complexity index is 688. The zero-order valence-corrected chi connectivity index (χ0v) is 14.3. The van der Waals surface area contributed by atoms with Crippen molar-refractivity contribution in [1.29, 1.82) is 0 Å². The monoisotopic (exact) mass is 330 g/mol. The number of ketones is 2. The predicted molar refractivity (Wildman–Crippen MR) is 93.8 cm³/mol. The van der Waals surface area contributed by atoms with Gasteiger partial charge in [0.2, 0.25) is 0 Å². The van der Waals surface area contributed by atoms with Crippen LogP contribution in [0.3, 0.4) is 0 Å². The van der Waals surface area contributed by atoms with E-state index in [9.17, 15) is 9.59 Å². The minimum Gasteiger partial charge on any atom is -0.293 e. The quantitative estimate of drug-likeness (QED) is 0.755. The van der Waals surface area contributed by atoms with Gasteiger partial charge in [-0.2, -0.15) is 0 Å². The lowest BCUT2D eigenvalue weighted by molar-refractivity contribution is 0.0796. The Labute approximate surface area is 139 Å². The van der Waals surface area contributed by atoms with Gasteiger partial charge in [0.25, 0.3) is 0 Å². The minimum atomic E-state index is -0.332. The van der Waals surface area contributed by atoms with Gasteiger partial charge in [-0.3, -0.25) is 9.59 Å². The van der Waals surface area contributed by atoms with Crippen LogP contribution in [0.2, 0.25) is 0 Å². The maximum Gasteiger partial charge on any atom is 0.173 e. The summed E-state index contributed by atoms with van der Waals surface area (Å²) < 4.78 is 0. The van der Waals surface area contributed by atoms with Crippen LogP contribution < -0.4 is 0 Å². The summed E-state index contributed by atoms with van der Waals surface area (Å²) >= 11 is 3.30. The average Bonchev–Trinajstić information content (AvgIpc) is 2.53. The first-order valence-corrected chi connectivity index (χ1v) is 9.51. The van der Waals surface area contributed by atoms with Crippen LogP contribution in [0.1, 0.15) is 34.6 Å². The topological polar surface area (TPSA) is 34.1 Å². The molecule has 0 radical (unpaired) electrons. The SMILES string of the molecule is CCSC1=CC=CC2C(=O)c3cccc(SCC)c3C(=O)C12. The Balaban J connectivity index is 2.13. The Morgan fingerprint density at radius 1 is 1.05 bits per heavy atom. The van der Waals surface area contributed by atoms with Crippen molar-refractivity contribution in [3.8, 4) is 0 Å². The van der Waals surface area contributed by atoms with E-state index in [2.05, 4.69) is 13.8 Å². The van der Waals surface area contributed by atoms with E-state index in [4.69, 9.17) is 0 Å². The van der Waals surface area contributed by atoms with Crippen molar-refractivity contribution in [3.63, 3.8) is 0 Å². The predicted octanol–water partition coefficient (Wildman–Crippen LogP) is 4.62. The van der Waals surface area contributed by atoms with Crippen molar-refractivity contribution in [3.05, 3.63) is 52.5 Å². The average molecular weight is 330 g/mol. The van der Waals surface area contributed by atoms with Gasteiger partial charge in [0.15, 0.2) is 11.6 Å². The highest BCUT2D eigenvalue weighted by molar-refractivity contribution is 8.03. The fourth-order valence-electron chi connectivity index (χ4n) is 3.10. The van der Waals surface area contributed by atoms with Gasteiger partial charge in [-0.15, -0.1) is 23.5 Å². The number of hydrogen-bond donors (Lipinski definition) is 0. The molecule has 3 rings (SSSR count). The molecule has 4 heteroatoms. The molecule has 0 fully saturated rings. The zero-order chi connectivity index (χ0) is 15.7. The highest BCUT2D eigenvalue weighted by atomic mass is 32.2. The van der Waals surface area contributed by atoms with Crippen LogP contribution in [-0.2, 0) is 0 Å². The molecule has 0 amide bonds. The lowest BCUT2D eigenvalue weighted by Crippen LogP contribution is -2.37. The molecule has 2 aliphatic carbocycles. The molecular formula is C18H18O2S2. The van der Waals surface area contributed by atoms with Gasteiger partial charge in [0.05, 0.1) is 11.8 Å². The Morgan fingerprint density at radius 2 is 1.82 bits per heavy atom. The third-order valence-corrected chi connectivity index (χ3v) is 5.93. The first-order valence-electron chi connectivity index (χ1n) is 7.54. The summed E-state index contributed by atoms with van der Waals surface area (Å²) in [5.74, 6) is 1.32. The van der Waals surface area contributed by atoms with E-state index in [1.165, 1.54) is 0 Å². The van der Waals surface area contributed by atoms with Gasteiger partial charge in [-0.05, 0) is 22.5 Å². The van der Waals surface area contributed by atoms with Gasteiger partial charge >= 0.3 is 0 Å². The number of Topliss-reactive ketones (excluding diaryl/α,β-unsaturated/α-hetero) is 2. The summed E-state index contributed by atoms with van der Waals surface area (Å²) in [5.41, 5.74) is 1.23. The molecule has 114 valence electrons. The Hall–Kier alpha value is -1.26. The molecule has 1 aromatic rings. The maximum atomic E-state index is 13.1. The van der Waals surface area contributed by atoms with Gasteiger partial charge in [0.1, 0.15) is 0 Å². The van der Waals surface area contributed by atoms with Crippen LogP contribution in [0.25, 0.3) is 0 Å². The van der Waals surface area contributed by atoms with Crippen molar-refractivity contribution in [1.82, 2.24) is 0 Å². The molecule has 0 bridgehead atoms. The van der Waals surface area contributed by atoms with E-state index in [1.54, 1.807) is 29.6 Å². The van der Waals surface area contributed by atoms with Gasteiger partial charge in [0, 0.05) is 16.0 Å². The molecule has 0 aliphatic heterocycles. The maximum absolute atomic E-state index is 13.1. The van der Waals surface area contributed by atoms with Crippen molar-refractivity contribution in [2.45, 2.75) is 18.7 Å². The second-order valence-electron chi connectivity index (χ2n) is 5.23. The highest BCUT2D eigenvalue weighted by Gasteiger charge is 2.43. The van der Waals surface area contributed by atoms with Crippen LogP contribution in [-0.4, -0.2) is 23.1 Å². The molecular weight excluding hydrogens is 312 g/mol. The Kier molecular flexibility index (Phi) is 4.59. The first-order chi connectivity index (χ1) is 10.7. The number of carbonyl (C=O) groups excluding carboxylic acids is 2. The van der Waals surface area contributed by atoms with E-state index in [-0.39, 0.29) is 23.4 Å². The zero-order valence-electron chi connectivity index (χ0n) is 12.7. The molecule has 1 aromatic carbocycles. The van der Waals surface area contributed by atoms with Gasteiger partial charge < -0.3 is 0 Å². The summed E-state index contributed by atoms with van der Waals surface area (Å²) in [6, 6.07) is 5.63. The third-order valence-electron chi connectivity index (χ3n) is 3.98. The summed E-state index contributed by atoms with van der Waals surface area (Å²) in [6.45, 7) is 4.13. The number of fused-ring (bicyclic) bond motifs is 2. The van der Waals surface area contributed by atoms with Crippen LogP contribution in [0.15, 0.2) is 46.2 Å².